The van der Waals surface area contributed by atoms with E-state index in [1.54, 1.807) is 18.2 Å². The van der Waals surface area contributed by atoms with Crippen LogP contribution in [0.25, 0.3) is 0 Å². The van der Waals surface area contributed by atoms with Crippen LogP contribution in [-0.2, 0) is 17.8 Å². The van der Waals surface area contributed by atoms with E-state index in [1.807, 2.05) is 38.4 Å². The Balaban J connectivity index is 1.90. The zero-order valence-electron chi connectivity index (χ0n) is 14.1. The summed E-state index contributed by atoms with van der Waals surface area (Å²) in [4.78, 5) is 12.3. The Morgan fingerprint density at radius 2 is 2.00 bits per heavy atom. The van der Waals surface area contributed by atoms with Gasteiger partial charge in [0, 0.05) is 17.7 Å². The fraction of sp³-hybridized carbons (Fsp3) is 0.444. The molecule has 2 aromatic rings. The molecular formula is C18H24FN3O. The van der Waals surface area contributed by atoms with E-state index in [-0.39, 0.29) is 23.7 Å². The highest BCUT2D eigenvalue weighted by Gasteiger charge is 2.18. The second kappa shape index (κ2) is 7.40. The van der Waals surface area contributed by atoms with Crippen LogP contribution in [-0.4, -0.2) is 21.7 Å². The molecule has 1 heterocycles. The molecule has 124 valence electrons. The number of amides is 1. The fourth-order valence-corrected chi connectivity index (χ4v) is 2.64. The van der Waals surface area contributed by atoms with E-state index in [1.165, 1.54) is 6.07 Å². The number of aromatic nitrogens is 2. The van der Waals surface area contributed by atoms with Gasteiger partial charge in [0.2, 0.25) is 5.91 Å². The van der Waals surface area contributed by atoms with Crippen molar-refractivity contribution in [3.05, 3.63) is 53.1 Å². The predicted molar refractivity (Wildman–Crippen MR) is 88.6 cm³/mol. The smallest absolute Gasteiger partial charge is 0.223 e. The van der Waals surface area contributed by atoms with Crippen molar-refractivity contribution in [3.8, 4) is 0 Å². The summed E-state index contributed by atoms with van der Waals surface area (Å²) in [5.74, 6) is -0.611. The van der Waals surface area contributed by atoms with Crippen LogP contribution in [0.1, 0.15) is 30.8 Å². The minimum Gasteiger partial charge on any atom is -0.352 e. The van der Waals surface area contributed by atoms with Crippen molar-refractivity contribution >= 4 is 5.91 Å². The van der Waals surface area contributed by atoms with Gasteiger partial charge < -0.3 is 5.32 Å². The van der Waals surface area contributed by atoms with Gasteiger partial charge in [-0.25, -0.2) is 4.39 Å². The van der Waals surface area contributed by atoms with Crippen LogP contribution >= 0.6 is 0 Å². The molecule has 1 aromatic heterocycles. The molecule has 0 bridgehead atoms. The van der Waals surface area contributed by atoms with Crippen molar-refractivity contribution in [2.24, 2.45) is 5.92 Å². The highest BCUT2D eigenvalue weighted by atomic mass is 19.1. The Morgan fingerprint density at radius 1 is 1.30 bits per heavy atom. The van der Waals surface area contributed by atoms with Gasteiger partial charge in [0.25, 0.3) is 0 Å². The van der Waals surface area contributed by atoms with Gasteiger partial charge in [0.1, 0.15) is 5.82 Å². The van der Waals surface area contributed by atoms with E-state index in [4.69, 9.17) is 0 Å². The molecule has 0 saturated carbocycles. The standard InChI is InChI=1S/C18H24FN3O/c1-12(9-16-7-5-6-8-17(16)19)18(23)20-14(3)11-22-15(4)10-13(2)21-22/h5-8,10,12,14H,9,11H2,1-4H3,(H,20,23)/t12-,14-/m1/s1. The van der Waals surface area contributed by atoms with Gasteiger partial charge >= 0.3 is 0 Å². The summed E-state index contributed by atoms with van der Waals surface area (Å²) in [7, 11) is 0. The number of aryl methyl sites for hydroxylation is 2. The van der Waals surface area contributed by atoms with Crippen molar-refractivity contribution in [1.29, 1.82) is 0 Å². The molecule has 0 aliphatic rings. The van der Waals surface area contributed by atoms with Crippen LogP contribution in [0.4, 0.5) is 4.39 Å². The van der Waals surface area contributed by atoms with E-state index in [9.17, 15) is 9.18 Å². The molecule has 2 atom stereocenters. The molecule has 0 spiro atoms. The minimum atomic E-state index is -0.283. The van der Waals surface area contributed by atoms with Gasteiger partial charge in [-0.3, -0.25) is 9.48 Å². The lowest BCUT2D eigenvalue weighted by molar-refractivity contribution is -0.125. The SMILES string of the molecule is Cc1cc(C)n(C[C@@H](C)NC(=O)[C@H](C)Cc2ccccc2F)n1. The first-order valence-corrected chi connectivity index (χ1v) is 7.91. The maximum atomic E-state index is 13.7. The van der Waals surface area contributed by atoms with E-state index >= 15 is 0 Å². The number of carbonyl (C=O) groups is 1. The number of halogens is 1. The van der Waals surface area contributed by atoms with Gasteiger partial charge in [-0.15, -0.1) is 0 Å². The van der Waals surface area contributed by atoms with Crippen LogP contribution in [0, 0.1) is 25.6 Å². The largest absolute Gasteiger partial charge is 0.352 e. The van der Waals surface area contributed by atoms with E-state index < -0.39 is 0 Å². The summed E-state index contributed by atoms with van der Waals surface area (Å²) in [5, 5.41) is 7.38. The van der Waals surface area contributed by atoms with Gasteiger partial charge in [-0.1, -0.05) is 25.1 Å². The van der Waals surface area contributed by atoms with Crippen LogP contribution in [0.5, 0.6) is 0 Å². The van der Waals surface area contributed by atoms with Gasteiger partial charge in [0.15, 0.2) is 0 Å². The third-order valence-corrected chi connectivity index (χ3v) is 3.87. The normalized spacial score (nSPS) is 13.6. The molecule has 1 amide bonds. The quantitative estimate of drug-likeness (QED) is 0.890. The third-order valence-electron chi connectivity index (χ3n) is 3.87. The molecule has 5 heteroatoms. The average Bonchev–Trinajstić information content (AvgIpc) is 2.79. The van der Waals surface area contributed by atoms with Gasteiger partial charge in [0.05, 0.1) is 12.2 Å². The molecule has 0 aliphatic carbocycles. The lowest BCUT2D eigenvalue weighted by Gasteiger charge is -2.18. The van der Waals surface area contributed by atoms with Gasteiger partial charge in [-0.2, -0.15) is 5.10 Å². The molecule has 0 unspecified atom stereocenters. The first kappa shape index (κ1) is 17.2. The Labute approximate surface area is 136 Å². The molecule has 1 aromatic carbocycles. The number of nitrogens with one attached hydrogen (secondary N) is 1. The zero-order valence-corrected chi connectivity index (χ0v) is 14.1. The topological polar surface area (TPSA) is 46.9 Å². The predicted octanol–water partition coefficient (Wildman–Crippen LogP) is 3.02. The molecule has 0 saturated heterocycles. The van der Waals surface area contributed by atoms with Crippen molar-refractivity contribution in [1.82, 2.24) is 15.1 Å². The number of benzene rings is 1. The average molecular weight is 317 g/mol. The van der Waals surface area contributed by atoms with Gasteiger partial charge in [-0.05, 0) is 44.9 Å². The number of hydrogen-bond acceptors (Lipinski definition) is 2. The van der Waals surface area contributed by atoms with E-state index in [0.717, 1.165) is 11.4 Å². The van der Waals surface area contributed by atoms with Crippen molar-refractivity contribution in [3.63, 3.8) is 0 Å². The molecule has 0 fully saturated rings. The second-order valence-corrected chi connectivity index (χ2v) is 6.22. The summed E-state index contributed by atoms with van der Waals surface area (Å²) in [6, 6.07) is 8.55. The second-order valence-electron chi connectivity index (χ2n) is 6.22. The number of nitrogens with zero attached hydrogens (tertiary/aromatic N) is 2. The molecular weight excluding hydrogens is 293 g/mol. The maximum Gasteiger partial charge on any atom is 0.223 e. The summed E-state index contributed by atoms with van der Waals surface area (Å²) in [6.07, 6.45) is 0.394. The van der Waals surface area contributed by atoms with Crippen molar-refractivity contribution in [2.45, 2.75) is 46.7 Å². The first-order valence-electron chi connectivity index (χ1n) is 7.91. The van der Waals surface area contributed by atoms with E-state index in [2.05, 4.69) is 10.4 Å². The zero-order chi connectivity index (χ0) is 17.0. The van der Waals surface area contributed by atoms with Crippen LogP contribution in [0.2, 0.25) is 0 Å². The molecule has 1 N–H and O–H groups in total. The summed E-state index contributed by atoms with van der Waals surface area (Å²) < 4.78 is 15.6. The summed E-state index contributed by atoms with van der Waals surface area (Å²) >= 11 is 0. The number of rotatable bonds is 6. The molecule has 4 nitrogen and oxygen atoms in total. The lowest BCUT2D eigenvalue weighted by atomic mass is 9.99. The Hall–Kier alpha value is -2.17. The maximum absolute atomic E-state index is 13.7. The minimum absolute atomic E-state index is 0.0384. The fourth-order valence-electron chi connectivity index (χ4n) is 2.64. The monoisotopic (exact) mass is 317 g/mol. The number of carbonyl (C=O) groups excluding carboxylic acids is 1. The van der Waals surface area contributed by atoms with Crippen molar-refractivity contribution < 1.29 is 9.18 Å². The first-order chi connectivity index (χ1) is 10.9. The Kier molecular flexibility index (Phi) is 5.53. The third kappa shape index (κ3) is 4.65. The summed E-state index contributed by atoms with van der Waals surface area (Å²) in [5.41, 5.74) is 2.61. The van der Waals surface area contributed by atoms with Crippen LogP contribution in [0.15, 0.2) is 30.3 Å². The molecule has 0 aliphatic heterocycles. The number of hydrogen-bond donors (Lipinski definition) is 1. The van der Waals surface area contributed by atoms with Crippen LogP contribution < -0.4 is 5.32 Å². The Morgan fingerprint density at radius 3 is 2.61 bits per heavy atom. The van der Waals surface area contributed by atoms with E-state index in [0.29, 0.717) is 18.5 Å². The van der Waals surface area contributed by atoms with Crippen molar-refractivity contribution in [2.75, 3.05) is 0 Å². The van der Waals surface area contributed by atoms with Crippen LogP contribution in [0.3, 0.4) is 0 Å². The molecule has 2 rings (SSSR count). The summed E-state index contributed by atoms with van der Waals surface area (Å²) in [6.45, 7) is 8.33. The highest BCUT2D eigenvalue weighted by molar-refractivity contribution is 5.78. The highest BCUT2D eigenvalue weighted by Crippen LogP contribution is 2.13. The molecule has 23 heavy (non-hydrogen) atoms. The lowest BCUT2D eigenvalue weighted by Crippen LogP contribution is -2.39. The Bertz CT molecular complexity index is 681. The molecule has 0 radical (unpaired) electrons.